The van der Waals surface area contributed by atoms with Crippen molar-refractivity contribution < 1.29 is 19.4 Å². The second-order valence-corrected chi connectivity index (χ2v) is 6.34. The van der Waals surface area contributed by atoms with Crippen molar-refractivity contribution >= 4 is 23.3 Å². The van der Waals surface area contributed by atoms with E-state index in [0.717, 1.165) is 6.42 Å². The molecule has 0 aromatic carbocycles. The number of urea groups is 1. The number of thiophene rings is 1. The zero-order chi connectivity index (χ0) is 14.8. The third-order valence-electron chi connectivity index (χ3n) is 3.96. The number of aliphatic carboxylic acids is 1. The normalized spacial score (nSPS) is 22.0. The molecule has 2 aliphatic rings. The van der Waals surface area contributed by atoms with Crippen LogP contribution in [0.15, 0.2) is 11.4 Å². The molecule has 7 heteroatoms. The zero-order valence-corrected chi connectivity index (χ0v) is 12.5. The van der Waals surface area contributed by atoms with Crippen molar-refractivity contribution in [1.29, 1.82) is 0 Å². The molecule has 0 saturated carbocycles. The Morgan fingerprint density at radius 3 is 3.10 bits per heavy atom. The number of fused-ring (bicyclic) bond motifs is 1. The predicted octanol–water partition coefficient (Wildman–Crippen LogP) is 1.40. The quantitative estimate of drug-likeness (QED) is 0.896. The fourth-order valence-electron chi connectivity index (χ4n) is 2.87. The summed E-state index contributed by atoms with van der Waals surface area (Å²) in [5.41, 5.74) is 1.21. The molecular weight excluding hydrogens is 292 g/mol. The molecule has 1 fully saturated rings. The Kier molecular flexibility index (Phi) is 4.12. The molecule has 1 aromatic rings. The highest BCUT2D eigenvalue weighted by Crippen LogP contribution is 2.25. The fourth-order valence-corrected chi connectivity index (χ4v) is 3.76. The number of hydrogen-bond donors (Lipinski definition) is 1. The van der Waals surface area contributed by atoms with E-state index >= 15 is 0 Å². The van der Waals surface area contributed by atoms with E-state index in [1.807, 2.05) is 4.90 Å². The number of ether oxygens (including phenoxy) is 1. The lowest BCUT2D eigenvalue weighted by atomic mass is 10.1. The maximum Gasteiger partial charge on any atom is 0.320 e. The molecule has 3 rings (SSSR count). The SMILES string of the molecule is O=C(O)CC1COCCN1C(=O)N1CCc2sccc2C1. The molecular formula is C14H18N2O4S. The first-order chi connectivity index (χ1) is 10.1. The van der Waals surface area contributed by atoms with Crippen molar-refractivity contribution in [2.24, 2.45) is 0 Å². The van der Waals surface area contributed by atoms with Crippen LogP contribution in [0.4, 0.5) is 4.79 Å². The van der Waals surface area contributed by atoms with Gasteiger partial charge >= 0.3 is 12.0 Å². The number of nitrogens with zero attached hydrogens (tertiary/aromatic N) is 2. The minimum atomic E-state index is -0.901. The van der Waals surface area contributed by atoms with Crippen LogP contribution in [0.1, 0.15) is 16.9 Å². The highest BCUT2D eigenvalue weighted by atomic mass is 32.1. The summed E-state index contributed by atoms with van der Waals surface area (Å²) in [5, 5.41) is 11.0. The molecule has 3 heterocycles. The molecule has 114 valence electrons. The van der Waals surface area contributed by atoms with Crippen molar-refractivity contribution in [3.8, 4) is 0 Å². The van der Waals surface area contributed by atoms with Crippen molar-refractivity contribution in [1.82, 2.24) is 9.80 Å². The first-order valence-electron chi connectivity index (χ1n) is 7.05. The summed E-state index contributed by atoms with van der Waals surface area (Å²) < 4.78 is 5.32. The van der Waals surface area contributed by atoms with Gasteiger partial charge in [0.15, 0.2) is 0 Å². The molecule has 2 amide bonds. The Labute approximate surface area is 126 Å². The number of rotatable bonds is 2. The largest absolute Gasteiger partial charge is 0.481 e. The highest BCUT2D eigenvalue weighted by molar-refractivity contribution is 7.10. The summed E-state index contributed by atoms with van der Waals surface area (Å²) in [5.74, 6) is -0.901. The van der Waals surface area contributed by atoms with E-state index in [9.17, 15) is 9.59 Å². The number of morpholine rings is 1. The van der Waals surface area contributed by atoms with Gasteiger partial charge in [0, 0.05) is 24.5 Å². The minimum absolute atomic E-state index is 0.0662. The molecule has 0 spiro atoms. The van der Waals surface area contributed by atoms with Crippen LogP contribution >= 0.6 is 11.3 Å². The van der Waals surface area contributed by atoms with E-state index in [1.165, 1.54) is 10.4 Å². The van der Waals surface area contributed by atoms with Gasteiger partial charge in [-0.2, -0.15) is 0 Å². The number of carbonyl (C=O) groups excluding carboxylic acids is 1. The van der Waals surface area contributed by atoms with E-state index in [1.54, 1.807) is 16.2 Å². The molecule has 1 saturated heterocycles. The van der Waals surface area contributed by atoms with Crippen LogP contribution in [-0.2, 0) is 22.5 Å². The molecule has 1 aromatic heterocycles. The van der Waals surface area contributed by atoms with Crippen molar-refractivity contribution in [3.05, 3.63) is 21.9 Å². The molecule has 1 N–H and O–H groups in total. The van der Waals surface area contributed by atoms with Gasteiger partial charge in [0.2, 0.25) is 0 Å². The average molecular weight is 310 g/mol. The van der Waals surface area contributed by atoms with Gasteiger partial charge in [-0.05, 0) is 23.4 Å². The van der Waals surface area contributed by atoms with Crippen LogP contribution in [-0.4, -0.2) is 59.3 Å². The third kappa shape index (κ3) is 3.03. The molecule has 2 aliphatic heterocycles. The van der Waals surface area contributed by atoms with Gasteiger partial charge in [-0.3, -0.25) is 4.79 Å². The third-order valence-corrected chi connectivity index (χ3v) is 4.98. The van der Waals surface area contributed by atoms with Gasteiger partial charge in [-0.25, -0.2) is 4.79 Å². The lowest BCUT2D eigenvalue weighted by Crippen LogP contribution is -2.54. The Bertz CT molecular complexity index is 545. The standard InChI is InChI=1S/C14H18N2O4S/c17-13(18)7-11-9-20-5-4-16(11)14(19)15-3-1-12-10(8-15)2-6-21-12/h2,6,11H,1,3-5,7-9H2,(H,17,18). The van der Waals surface area contributed by atoms with Gasteiger partial charge in [0.25, 0.3) is 0 Å². The molecule has 0 aliphatic carbocycles. The maximum absolute atomic E-state index is 12.7. The molecule has 0 radical (unpaired) electrons. The Hall–Kier alpha value is -1.60. The van der Waals surface area contributed by atoms with Gasteiger partial charge in [-0.1, -0.05) is 0 Å². The predicted molar refractivity (Wildman–Crippen MR) is 77.4 cm³/mol. The number of carboxylic acids is 1. The second kappa shape index (κ2) is 6.03. The van der Waals surface area contributed by atoms with Gasteiger partial charge in [-0.15, -0.1) is 11.3 Å². The molecule has 1 unspecified atom stereocenters. The summed E-state index contributed by atoms with van der Waals surface area (Å²) in [6, 6.07) is 1.63. The zero-order valence-electron chi connectivity index (χ0n) is 11.7. The number of hydrogen-bond acceptors (Lipinski definition) is 4. The van der Waals surface area contributed by atoms with E-state index in [4.69, 9.17) is 9.84 Å². The van der Waals surface area contributed by atoms with Crippen molar-refractivity contribution in [3.63, 3.8) is 0 Å². The monoisotopic (exact) mass is 310 g/mol. The van der Waals surface area contributed by atoms with Crippen LogP contribution in [0.5, 0.6) is 0 Å². The topological polar surface area (TPSA) is 70.1 Å². The fraction of sp³-hybridized carbons (Fsp3) is 0.571. The first-order valence-corrected chi connectivity index (χ1v) is 7.93. The Morgan fingerprint density at radius 2 is 2.29 bits per heavy atom. The van der Waals surface area contributed by atoms with E-state index in [-0.39, 0.29) is 18.5 Å². The van der Waals surface area contributed by atoms with Crippen LogP contribution < -0.4 is 0 Å². The molecule has 21 heavy (non-hydrogen) atoms. The van der Waals surface area contributed by atoms with Crippen LogP contribution in [0.25, 0.3) is 0 Å². The molecule has 1 atom stereocenters. The average Bonchev–Trinajstić information content (AvgIpc) is 2.94. The van der Waals surface area contributed by atoms with Crippen LogP contribution in [0.3, 0.4) is 0 Å². The molecule has 0 bridgehead atoms. The number of amides is 2. The first kappa shape index (κ1) is 14.3. The smallest absolute Gasteiger partial charge is 0.320 e. The van der Waals surface area contributed by atoms with Crippen LogP contribution in [0, 0.1) is 0 Å². The Morgan fingerprint density at radius 1 is 1.43 bits per heavy atom. The number of carbonyl (C=O) groups is 2. The van der Waals surface area contributed by atoms with E-state index in [2.05, 4.69) is 11.4 Å². The lowest BCUT2D eigenvalue weighted by Gasteiger charge is -2.39. The Balaban J connectivity index is 1.70. The summed E-state index contributed by atoms with van der Waals surface area (Å²) in [7, 11) is 0. The van der Waals surface area contributed by atoms with Gasteiger partial charge in [0.05, 0.1) is 25.7 Å². The van der Waals surface area contributed by atoms with E-state index in [0.29, 0.717) is 32.8 Å². The van der Waals surface area contributed by atoms with Crippen molar-refractivity contribution in [2.75, 3.05) is 26.3 Å². The number of carboxylic acid groups (broad SMARTS) is 1. The van der Waals surface area contributed by atoms with Gasteiger partial charge in [0.1, 0.15) is 0 Å². The van der Waals surface area contributed by atoms with Crippen molar-refractivity contribution in [2.45, 2.75) is 25.4 Å². The summed E-state index contributed by atoms with van der Waals surface area (Å²) in [6.45, 7) is 2.55. The maximum atomic E-state index is 12.7. The highest BCUT2D eigenvalue weighted by Gasteiger charge is 2.33. The lowest BCUT2D eigenvalue weighted by molar-refractivity contribution is -0.139. The summed E-state index contributed by atoms with van der Waals surface area (Å²) >= 11 is 1.73. The van der Waals surface area contributed by atoms with E-state index < -0.39 is 5.97 Å². The summed E-state index contributed by atoms with van der Waals surface area (Å²) in [4.78, 5) is 28.4. The molecule has 6 nitrogen and oxygen atoms in total. The second-order valence-electron chi connectivity index (χ2n) is 5.34. The van der Waals surface area contributed by atoms with Crippen LogP contribution in [0.2, 0.25) is 0 Å². The summed E-state index contributed by atoms with van der Waals surface area (Å²) in [6.07, 6.45) is 0.815. The minimum Gasteiger partial charge on any atom is -0.481 e. The van der Waals surface area contributed by atoms with Gasteiger partial charge < -0.3 is 19.6 Å².